The normalized spacial score (nSPS) is 10.0. The van der Waals surface area contributed by atoms with E-state index in [1.165, 1.54) is 0 Å². The lowest BCUT2D eigenvalue weighted by molar-refractivity contribution is 0.251. The minimum Gasteiger partial charge on any atom is -0.497 e. The molecule has 6 heteroatoms. The maximum absolute atomic E-state index is 12.1. The minimum absolute atomic E-state index is 0.291. The number of amides is 2. The average Bonchev–Trinajstić information content (AvgIpc) is 2.61. The summed E-state index contributed by atoms with van der Waals surface area (Å²) in [5, 5.41) is 5.63. The van der Waals surface area contributed by atoms with Gasteiger partial charge in [0.15, 0.2) is 11.5 Å². The summed E-state index contributed by atoms with van der Waals surface area (Å²) in [5.41, 5.74) is 2.53. The number of benzene rings is 2. The van der Waals surface area contributed by atoms with Crippen molar-refractivity contribution in [2.75, 3.05) is 26.6 Å². The lowest BCUT2D eigenvalue weighted by Crippen LogP contribution is -2.28. The molecule has 2 N–H and O–H groups in total. The highest BCUT2D eigenvalue weighted by atomic mass is 16.5. The van der Waals surface area contributed by atoms with Crippen LogP contribution < -0.4 is 24.8 Å². The van der Waals surface area contributed by atoms with E-state index in [-0.39, 0.29) is 6.03 Å². The third-order valence-corrected chi connectivity index (χ3v) is 3.59. The maximum Gasteiger partial charge on any atom is 0.319 e. The Morgan fingerprint density at radius 1 is 0.958 bits per heavy atom. The summed E-state index contributed by atoms with van der Waals surface area (Å²) in [6.07, 6.45) is 0. The number of nitrogens with one attached hydrogen (secondary N) is 2. The van der Waals surface area contributed by atoms with Gasteiger partial charge in [-0.3, -0.25) is 0 Å². The van der Waals surface area contributed by atoms with E-state index in [0.717, 1.165) is 16.9 Å². The van der Waals surface area contributed by atoms with Gasteiger partial charge in [0.2, 0.25) is 0 Å². The molecule has 0 unspecified atom stereocenters. The Morgan fingerprint density at radius 3 is 2.17 bits per heavy atom. The van der Waals surface area contributed by atoms with E-state index < -0.39 is 0 Å². The summed E-state index contributed by atoms with van der Waals surface area (Å²) in [4.78, 5) is 12.1. The first-order valence-electron chi connectivity index (χ1n) is 7.47. The van der Waals surface area contributed by atoms with E-state index in [9.17, 15) is 4.79 Å². The van der Waals surface area contributed by atoms with Crippen LogP contribution in [0.4, 0.5) is 10.5 Å². The highest BCUT2D eigenvalue weighted by Gasteiger charge is 2.10. The van der Waals surface area contributed by atoms with E-state index in [0.29, 0.717) is 23.7 Å². The van der Waals surface area contributed by atoms with Crippen LogP contribution in [0.2, 0.25) is 0 Å². The zero-order chi connectivity index (χ0) is 17.5. The van der Waals surface area contributed by atoms with Crippen molar-refractivity contribution in [3.05, 3.63) is 47.5 Å². The maximum atomic E-state index is 12.1. The molecule has 0 saturated heterocycles. The Balaban J connectivity index is 1.98. The van der Waals surface area contributed by atoms with Crippen LogP contribution >= 0.6 is 0 Å². The van der Waals surface area contributed by atoms with E-state index >= 15 is 0 Å². The number of methoxy groups -OCH3 is 3. The topological polar surface area (TPSA) is 68.8 Å². The first kappa shape index (κ1) is 17.5. The molecule has 0 radical (unpaired) electrons. The Hall–Kier alpha value is -2.89. The Morgan fingerprint density at radius 2 is 1.58 bits per heavy atom. The number of rotatable bonds is 6. The van der Waals surface area contributed by atoms with Gasteiger partial charge in [0.05, 0.1) is 21.3 Å². The molecule has 2 rings (SSSR count). The van der Waals surface area contributed by atoms with Crippen LogP contribution in [0.3, 0.4) is 0 Å². The number of hydrogen-bond donors (Lipinski definition) is 2. The smallest absolute Gasteiger partial charge is 0.319 e. The second kappa shape index (κ2) is 8.10. The van der Waals surface area contributed by atoms with Gasteiger partial charge >= 0.3 is 6.03 Å². The molecule has 24 heavy (non-hydrogen) atoms. The number of anilines is 1. The molecule has 0 saturated carbocycles. The van der Waals surface area contributed by atoms with Crippen LogP contribution in [0.15, 0.2) is 36.4 Å². The van der Waals surface area contributed by atoms with Crippen LogP contribution in [0, 0.1) is 6.92 Å². The van der Waals surface area contributed by atoms with E-state index in [1.807, 2.05) is 37.3 Å². The summed E-state index contributed by atoms with van der Waals surface area (Å²) < 4.78 is 15.6. The third kappa shape index (κ3) is 4.32. The molecule has 0 heterocycles. The first-order valence-corrected chi connectivity index (χ1v) is 7.47. The van der Waals surface area contributed by atoms with Crippen LogP contribution in [-0.2, 0) is 6.54 Å². The van der Waals surface area contributed by atoms with Gasteiger partial charge in [-0.15, -0.1) is 0 Å². The van der Waals surface area contributed by atoms with Crippen LogP contribution in [0.5, 0.6) is 17.2 Å². The van der Waals surface area contributed by atoms with Crippen LogP contribution in [-0.4, -0.2) is 27.4 Å². The van der Waals surface area contributed by atoms with Crippen molar-refractivity contribution in [3.63, 3.8) is 0 Å². The summed E-state index contributed by atoms with van der Waals surface area (Å²) in [7, 11) is 4.75. The molecule has 2 amide bonds. The average molecular weight is 330 g/mol. The Bertz CT molecular complexity index is 699. The number of ether oxygens (including phenoxy) is 3. The van der Waals surface area contributed by atoms with E-state index in [1.54, 1.807) is 27.4 Å². The SMILES string of the molecule is COc1ccc(CNC(=O)Nc2cc(OC)c(OC)cc2C)cc1. The number of hydrogen-bond acceptors (Lipinski definition) is 4. The molecule has 0 aliphatic heterocycles. The molecular weight excluding hydrogens is 308 g/mol. The van der Waals surface area contributed by atoms with Gasteiger partial charge in [-0.1, -0.05) is 12.1 Å². The number of carbonyl (C=O) groups is 1. The fourth-order valence-electron chi connectivity index (χ4n) is 2.21. The summed E-state index contributed by atoms with van der Waals surface area (Å²) >= 11 is 0. The van der Waals surface area contributed by atoms with Crippen molar-refractivity contribution >= 4 is 11.7 Å². The predicted molar refractivity (Wildman–Crippen MR) is 93.1 cm³/mol. The highest BCUT2D eigenvalue weighted by Crippen LogP contribution is 2.32. The summed E-state index contributed by atoms with van der Waals surface area (Å²) in [5.74, 6) is 1.97. The van der Waals surface area contributed by atoms with Gasteiger partial charge in [-0.2, -0.15) is 0 Å². The predicted octanol–water partition coefficient (Wildman–Crippen LogP) is 3.34. The highest BCUT2D eigenvalue weighted by molar-refractivity contribution is 5.90. The molecule has 6 nitrogen and oxygen atoms in total. The van der Waals surface area contributed by atoms with Gasteiger partial charge in [-0.05, 0) is 36.2 Å². The van der Waals surface area contributed by atoms with E-state index in [2.05, 4.69) is 10.6 Å². The largest absolute Gasteiger partial charge is 0.497 e. The van der Waals surface area contributed by atoms with E-state index in [4.69, 9.17) is 14.2 Å². The molecule has 0 aliphatic carbocycles. The standard InChI is InChI=1S/C18H22N2O4/c1-12-9-16(23-3)17(24-4)10-15(12)20-18(21)19-11-13-5-7-14(22-2)8-6-13/h5-10H,11H2,1-4H3,(H2,19,20,21). The monoisotopic (exact) mass is 330 g/mol. The molecule has 0 aliphatic rings. The zero-order valence-corrected chi connectivity index (χ0v) is 14.3. The molecule has 2 aromatic carbocycles. The molecule has 128 valence electrons. The summed E-state index contributed by atoms with van der Waals surface area (Å²) in [6.45, 7) is 2.31. The minimum atomic E-state index is -0.291. The van der Waals surface area contributed by atoms with Crippen molar-refractivity contribution < 1.29 is 19.0 Å². The van der Waals surface area contributed by atoms with Gasteiger partial charge in [-0.25, -0.2) is 4.79 Å². The fourth-order valence-corrected chi connectivity index (χ4v) is 2.21. The van der Waals surface area contributed by atoms with Crippen LogP contribution in [0.25, 0.3) is 0 Å². The van der Waals surface area contributed by atoms with Crippen molar-refractivity contribution in [1.29, 1.82) is 0 Å². The van der Waals surface area contributed by atoms with Crippen molar-refractivity contribution in [2.24, 2.45) is 0 Å². The molecule has 0 fully saturated rings. The van der Waals surface area contributed by atoms with Crippen molar-refractivity contribution in [1.82, 2.24) is 5.32 Å². The molecule has 0 bridgehead atoms. The lowest BCUT2D eigenvalue weighted by atomic mass is 10.1. The van der Waals surface area contributed by atoms with Gasteiger partial charge in [0, 0.05) is 18.3 Å². The zero-order valence-electron chi connectivity index (χ0n) is 14.3. The third-order valence-electron chi connectivity index (χ3n) is 3.59. The quantitative estimate of drug-likeness (QED) is 0.852. The van der Waals surface area contributed by atoms with Gasteiger partial charge < -0.3 is 24.8 Å². The van der Waals surface area contributed by atoms with Crippen LogP contribution in [0.1, 0.15) is 11.1 Å². The van der Waals surface area contributed by atoms with Crippen molar-refractivity contribution in [2.45, 2.75) is 13.5 Å². The Kier molecular flexibility index (Phi) is 5.89. The number of carbonyl (C=O) groups excluding carboxylic acids is 1. The van der Waals surface area contributed by atoms with Gasteiger partial charge in [0.1, 0.15) is 5.75 Å². The second-order valence-corrected chi connectivity index (χ2v) is 5.18. The first-order chi connectivity index (χ1) is 11.6. The molecular formula is C18H22N2O4. The van der Waals surface area contributed by atoms with Crippen molar-refractivity contribution in [3.8, 4) is 17.2 Å². The summed E-state index contributed by atoms with van der Waals surface area (Å²) in [6, 6.07) is 10.8. The lowest BCUT2D eigenvalue weighted by Gasteiger charge is -2.14. The molecule has 0 aromatic heterocycles. The second-order valence-electron chi connectivity index (χ2n) is 5.18. The van der Waals surface area contributed by atoms with Gasteiger partial charge in [0.25, 0.3) is 0 Å². The number of aryl methyl sites for hydroxylation is 1. The molecule has 2 aromatic rings. The molecule has 0 atom stereocenters. The molecule has 0 spiro atoms. The Labute approximate surface area is 141 Å². The number of urea groups is 1. The fraction of sp³-hybridized carbons (Fsp3) is 0.278.